The Labute approximate surface area is 173 Å². The average Bonchev–Trinajstić information content (AvgIpc) is 2.77. The molecule has 1 amide bonds. The molecule has 0 aromatic heterocycles. The number of amides is 1. The van der Waals surface area contributed by atoms with Gasteiger partial charge in [-0.05, 0) is 28.8 Å². The van der Waals surface area contributed by atoms with Crippen LogP contribution < -0.4 is 5.32 Å². The van der Waals surface area contributed by atoms with E-state index in [1.807, 2.05) is 60.7 Å². The molecule has 0 aliphatic heterocycles. The van der Waals surface area contributed by atoms with E-state index in [4.69, 9.17) is 4.74 Å². The summed E-state index contributed by atoms with van der Waals surface area (Å²) in [5, 5.41) is 2.72. The summed E-state index contributed by atoms with van der Waals surface area (Å²) in [5.41, 5.74) is 1.95. The molecule has 0 radical (unpaired) electrons. The van der Waals surface area contributed by atoms with Crippen molar-refractivity contribution in [3.05, 3.63) is 107 Å². The maximum absolute atomic E-state index is 13.5. The molecule has 0 saturated heterocycles. The molecule has 1 N–H and O–H groups in total. The van der Waals surface area contributed by atoms with E-state index in [2.05, 4.69) is 5.32 Å². The van der Waals surface area contributed by atoms with Crippen molar-refractivity contribution in [2.45, 2.75) is 18.4 Å². The van der Waals surface area contributed by atoms with Crippen molar-refractivity contribution in [2.24, 2.45) is 0 Å². The molecule has 0 aliphatic carbocycles. The highest BCUT2D eigenvalue weighted by Crippen LogP contribution is 2.29. The van der Waals surface area contributed by atoms with Crippen LogP contribution in [0.4, 0.5) is 8.78 Å². The van der Waals surface area contributed by atoms with Crippen molar-refractivity contribution in [1.82, 2.24) is 5.32 Å². The summed E-state index contributed by atoms with van der Waals surface area (Å²) in [6, 6.07) is 20.9. The highest BCUT2D eigenvalue weighted by Gasteiger charge is 2.33. The third-order valence-corrected chi connectivity index (χ3v) is 4.77. The molecule has 0 saturated carbocycles. The van der Waals surface area contributed by atoms with E-state index in [1.165, 1.54) is 13.2 Å². The lowest BCUT2D eigenvalue weighted by Gasteiger charge is -2.27. The second kappa shape index (κ2) is 9.78. The van der Waals surface area contributed by atoms with Crippen LogP contribution in [-0.4, -0.2) is 25.0 Å². The predicted octanol–water partition coefficient (Wildman–Crippen LogP) is 4.00. The Bertz CT molecular complexity index is 970. The van der Waals surface area contributed by atoms with E-state index in [9.17, 15) is 18.4 Å². The first-order chi connectivity index (χ1) is 14.5. The van der Waals surface area contributed by atoms with Crippen molar-refractivity contribution in [3.63, 3.8) is 0 Å². The van der Waals surface area contributed by atoms with Gasteiger partial charge in [0.1, 0.15) is 6.04 Å². The second-order valence-corrected chi connectivity index (χ2v) is 6.79. The maximum Gasteiger partial charge on any atom is 0.329 e. The number of carbonyl (C=O) groups is 2. The van der Waals surface area contributed by atoms with E-state index in [1.54, 1.807) is 0 Å². The number of ether oxygens (including phenoxy) is 1. The van der Waals surface area contributed by atoms with Crippen LogP contribution in [0.3, 0.4) is 0 Å². The zero-order chi connectivity index (χ0) is 21.5. The minimum atomic E-state index is -1.03. The van der Waals surface area contributed by atoms with E-state index in [-0.39, 0.29) is 6.42 Å². The molecule has 0 spiro atoms. The van der Waals surface area contributed by atoms with Crippen molar-refractivity contribution in [3.8, 4) is 0 Å². The summed E-state index contributed by atoms with van der Waals surface area (Å²) in [5.74, 6) is -3.62. The molecule has 154 valence electrons. The maximum atomic E-state index is 13.5. The highest BCUT2D eigenvalue weighted by atomic mass is 19.2. The molecule has 3 aromatic rings. The standard InChI is InChI=1S/C24H21F2NO3/c1-30-24(29)23(27-21(28)15-16-12-13-19(25)20(26)14-16)22(17-8-4-2-5-9-17)18-10-6-3-7-11-18/h2-14,22-23H,15H2,1H3,(H,27,28)/t23-/m0/s1. The van der Waals surface area contributed by atoms with Gasteiger partial charge in [0, 0.05) is 5.92 Å². The molecule has 4 nitrogen and oxygen atoms in total. The molecule has 0 heterocycles. The van der Waals surface area contributed by atoms with Gasteiger partial charge < -0.3 is 10.1 Å². The highest BCUT2D eigenvalue weighted by molar-refractivity contribution is 5.87. The van der Waals surface area contributed by atoms with Gasteiger partial charge in [-0.25, -0.2) is 13.6 Å². The zero-order valence-electron chi connectivity index (χ0n) is 16.3. The number of nitrogens with one attached hydrogen (secondary N) is 1. The van der Waals surface area contributed by atoms with Gasteiger partial charge in [-0.15, -0.1) is 0 Å². The Morgan fingerprint density at radius 2 is 1.43 bits per heavy atom. The fourth-order valence-corrected chi connectivity index (χ4v) is 3.36. The third kappa shape index (κ3) is 5.08. The van der Waals surface area contributed by atoms with Gasteiger partial charge in [0.15, 0.2) is 11.6 Å². The quantitative estimate of drug-likeness (QED) is 0.600. The lowest BCUT2D eigenvalue weighted by Crippen LogP contribution is -2.46. The number of esters is 1. The molecule has 3 aromatic carbocycles. The van der Waals surface area contributed by atoms with Crippen LogP contribution in [0.15, 0.2) is 78.9 Å². The van der Waals surface area contributed by atoms with Crippen molar-refractivity contribution >= 4 is 11.9 Å². The van der Waals surface area contributed by atoms with Crippen LogP contribution >= 0.6 is 0 Å². The van der Waals surface area contributed by atoms with Gasteiger partial charge in [-0.1, -0.05) is 66.7 Å². The minimum absolute atomic E-state index is 0.207. The van der Waals surface area contributed by atoms with Gasteiger partial charge in [0.25, 0.3) is 0 Å². The minimum Gasteiger partial charge on any atom is -0.467 e. The lowest BCUT2D eigenvalue weighted by atomic mass is 9.85. The fraction of sp³-hybridized carbons (Fsp3) is 0.167. The summed E-state index contributed by atoms with van der Waals surface area (Å²) < 4.78 is 31.6. The summed E-state index contributed by atoms with van der Waals surface area (Å²) >= 11 is 0. The molecular formula is C24H21F2NO3. The third-order valence-electron chi connectivity index (χ3n) is 4.77. The van der Waals surface area contributed by atoms with Gasteiger partial charge in [-0.3, -0.25) is 4.79 Å². The van der Waals surface area contributed by atoms with Crippen molar-refractivity contribution in [1.29, 1.82) is 0 Å². The number of rotatable bonds is 7. The smallest absolute Gasteiger partial charge is 0.329 e. The average molecular weight is 409 g/mol. The van der Waals surface area contributed by atoms with E-state index >= 15 is 0 Å². The van der Waals surface area contributed by atoms with Crippen LogP contribution in [0.5, 0.6) is 0 Å². The molecule has 1 atom stereocenters. The van der Waals surface area contributed by atoms with Crippen LogP contribution in [0, 0.1) is 11.6 Å². The second-order valence-electron chi connectivity index (χ2n) is 6.79. The molecule has 6 heteroatoms. The Balaban J connectivity index is 1.91. The SMILES string of the molecule is COC(=O)[C@@H](NC(=O)Cc1ccc(F)c(F)c1)C(c1ccccc1)c1ccccc1. The van der Waals surface area contributed by atoms with Crippen molar-refractivity contribution in [2.75, 3.05) is 7.11 Å². The zero-order valence-corrected chi connectivity index (χ0v) is 16.3. The molecule has 0 bridgehead atoms. The number of halogens is 2. The molecule has 3 rings (SSSR count). The molecule has 0 unspecified atom stereocenters. The Kier molecular flexibility index (Phi) is 6.91. The first kappa shape index (κ1) is 21.2. The van der Waals surface area contributed by atoms with Crippen LogP contribution in [0.2, 0.25) is 0 Å². The lowest BCUT2D eigenvalue weighted by molar-refractivity contribution is -0.145. The summed E-state index contributed by atoms with van der Waals surface area (Å²) in [6.07, 6.45) is -0.207. The fourth-order valence-electron chi connectivity index (χ4n) is 3.36. The first-order valence-corrected chi connectivity index (χ1v) is 9.40. The van der Waals surface area contributed by atoms with Gasteiger partial charge >= 0.3 is 5.97 Å². The molecular weight excluding hydrogens is 388 g/mol. The van der Waals surface area contributed by atoms with E-state index in [0.717, 1.165) is 23.3 Å². The number of hydrogen-bond acceptors (Lipinski definition) is 3. The van der Waals surface area contributed by atoms with Gasteiger partial charge in [-0.2, -0.15) is 0 Å². The van der Waals surface area contributed by atoms with Crippen LogP contribution in [0.25, 0.3) is 0 Å². The first-order valence-electron chi connectivity index (χ1n) is 9.40. The predicted molar refractivity (Wildman–Crippen MR) is 109 cm³/mol. The van der Waals surface area contributed by atoms with E-state index in [0.29, 0.717) is 5.56 Å². The number of benzene rings is 3. The summed E-state index contributed by atoms with van der Waals surface area (Å²) in [7, 11) is 1.25. The Morgan fingerprint density at radius 3 is 1.93 bits per heavy atom. The van der Waals surface area contributed by atoms with E-state index < -0.39 is 35.5 Å². The van der Waals surface area contributed by atoms with Gasteiger partial charge in [0.2, 0.25) is 5.91 Å². The Hall–Kier alpha value is -3.54. The summed E-state index contributed by atoms with van der Waals surface area (Å²) in [6.45, 7) is 0. The monoisotopic (exact) mass is 409 g/mol. The van der Waals surface area contributed by atoms with Gasteiger partial charge in [0.05, 0.1) is 13.5 Å². The largest absolute Gasteiger partial charge is 0.467 e. The Morgan fingerprint density at radius 1 is 0.867 bits per heavy atom. The number of hydrogen-bond donors (Lipinski definition) is 1. The summed E-state index contributed by atoms with van der Waals surface area (Å²) in [4.78, 5) is 25.3. The number of methoxy groups -OCH3 is 1. The topological polar surface area (TPSA) is 55.4 Å². The van der Waals surface area contributed by atoms with Crippen LogP contribution in [-0.2, 0) is 20.7 Å². The molecule has 0 fully saturated rings. The van der Waals surface area contributed by atoms with Crippen molar-refractivity contribution < 1.29 is 23.1 Å². The number of carbonyl (C=O) groups excluding carboxylic acids is 2. The molecule has 30 heavy (non-hydrogen) atoms. The normalized spacial score (nSPS) is 11.7. The molecule has 0 aliphatic rings. The van der Waals surface area contributed by atoms with Crippen LogP contribution in [0.1, 0.15) is 22.6 Å².